The van der Waals surface area contributed by atoms with Crippen LogP contribution in [0.3, 0.4) is 0 Å². The summed E-state index contributed by atoms with van der Waals surface area (Å²) in [5.74, 6) is -1.53. The van der Waals surface area contributed by atoms with Crippen molar-refractivity contribution in [1.29, 1.82) is 0 Å². The SMILES string of the molecule is CO[C@H]1CCN(c2noc3c(F)c4c(cc23)CC2(C(=O)NC(=O)NC2=O)[C@H]2[C@H](C)O[C@H](C)CN42)C1. The number of urea groups is 1. The molecule has 6 rings (SSSR count). The van der Waals surface area contributed by atoms with Crippen molar-refractivity contribution >= 4 is 40.3 Å². The second kappa shape index (κ2) is 7.62. The summed E-state index contributed by atoms with van der Waals surface area (Å²) < 4.78 is 33.0. The van der Waals surface area contributed by atoms with Gasteiger partial charge in [-0.05, 0) is 31.9 Å². The number of imide groups is 2. The minimum absolute atomic E-state index is 0.0221. The third-order valence-corrected chi connectivity index (χ3v) is 7.72. The van der Waals surface area contributed by atoms with E-state index in [9.17, 15) is 14.4 Å². The molecule has 0 saturated carbocycles. The molecule has 4 amide bonds. The summed E-state index contributed by atoms with van der Waals surface area (Å²) in [5, 5.41) is 9.11. The molecule has 1 spiro atoms. The molecule has 1 aromatic heterocycles. The van der Waals surface area contributed by atoms with Gasteiger partial charge < -0.3 is 23.8 Å². The Bertz CT molecular complexity index is 1240. The third-order valence-electron chi connectivity index (χ3n) is 7.72. The molecule has 5 heterocycles. The largest absolute Gasteiger partial charge is 0.380 e. The Morgan fingerprint density at radius 2 is 1.94 bits per heavy atom. The molecule has 1 aromatic carbocycles. The number of rotatable bonds is 2. The molecule has 3 fully saturated rings. The highest BCUT2D eigenvalue weighted by atomic mass is 19.1. The Morgan fingerprint density at radius 1 is 1.20 bits per heavy atom. The molecule has 4 aliphatic rings. The van der Waals surface area contributed by atoms with Crippen molar-refractivity contribution in [3.05, 3.63) is 17.4 Å². The average molecular weight is 487 g/mol. The number of hydrogen-bond donors (Lipinski definition) is 2. The van der Waals surface area contributed by atoms with Gasteiger partial charge in [-0.1, -0.05) is 5.16 Å². The van der Waals surface area contributed by atoms with Gasteiger partial charge in [0.05, 0.1) is 35.4 Å². The summed E-state index contributed by atoms with van der Waals surface area (Å²) in [4.78, 5) is 42.2. The van der Waals surface area contributed by atoms with Crippen LogP contribution in [0.15, 0.2) is 10.6 Å². The average Bonchev–Trinajstić information content (AvgIpc) is 3.43. The molecule has 2 aromatic rings. The van der Waals surface area contributed by atoms with Crippen LogP contribution < -0.4 is 20.4 Å². The molecule has 3 saturated heterocycles. The van der Waals surface area contributed by atoms with Gasteiger partial charge in [-0.15, -0.1) is 0 Å². The van der Waals surface area contributed by atoms with Crippen molar-refractivity contribution in [2.45, 2.75) is 51.0 Å². The number of nitrogens with one attached hydrogen (secondary N) is 2. The van der Waals surface area contributed by atoms with E-state index in [0.717, 1.165) is 6.42 Å². The van der Waals surface area contributed by atoms with Crippen molar-refractivity contribution in [2.24, 2.45) is 5.41 Å². The molecule has 4 atom stereocenters. The van der Waals surface area contributed by atoms with Gasteiger partial charge in [0.15, 0.2) is 17.1 Å². The molecule has 35 heavy (non-hydrogen) atoms. The fourth-order valence-electron chi connectivity index (χ4n) is 6.28. The van der Waals surface area contributed by atoms with Gasteiger partial charge in [0, 0.05) is 33.2 Å². The molecule has 12 heteroatoms. The molecular weight excluding hydrogens is 461 g/mol. The first kappa shape index (κ1) is 22.2. The number of amides is 4. The minimum atomic E-state index is -1.67. The lowest BCUT2D eigenvalue weighted by Crippen LogP contribution is -2.75. The molecule has 4 aliphatic heterocycles. The van der Waals surface area contributed by atoms with Gasteiger partial charge in [-0.25, -0.2) is 9.18 Å². The van der Waals surface area contributed by atoms with E-state index < -0.39 is 41.2 Å². The number of halogens is 1. The molecule has 0 aliphatic carbocycles. The maximum atomic E-state index is 16.1. The van der Waals surface area contributed by atoms with Gasteiger partial charge >= 0.3 is 6.03 Å². The lowest BCUT2D eigenvalue weighted by atomic mass is 9.66. The minimum Gasteiger partial charge on any atom is -0.380 e. The van der Waals surface area contributed by atoms with Gasteiger partial charge in [-0.3, -0.25) is 20.2 Å². The van der Waals surface area contributed by atoms with E-state index in [4.69, 9.17) is 14.0 Å². The Balaban J connectivity index is 1.54. The Kier molecular flexibility index (Phi) is 4.84. The Morgan fingerprint density at radius 3 is 2.63 bits per heavy atom. The van der Waals surface area contributed by atoms with E-state index in [1.165, 1.54) is 0 Å². The summed E-state index contributed by atoms with van der Waals surface area (Å²) in [6.45, 7) is 5.12. The van der Waals surface area contributed by atoms with E-state index in [1.807, 2.05) is 11.8 Å². The fraction of sp³-hybridized carbons (Fsp3) is 0.565. The van der Waals surface area contributed by atoms with E-state index in [2.05, 4.69) is 15.8 Å². The lowest BCUT2D eigenvalue weighted by Gasteiger charge is -2.55. The summed E-state index contributed by atoms with van der Waals surface area (Å²) in [6.07, 6.45) is -0.128. The number of benzene rings is 1. The molecule has 186 valence electrons. The van der Waals surface area contributed by atoms with Crippen LogP contribution in [0, 0.1) is 11.2 Å². The number of methoxy groups -OCH3 is 1. The predicted molar refractivity (Wildman–Crippen MR) is 121 cm³/mol. The van der Waals surface area contributed by atoms with Gasteiger partial charge in [-0.2, -0.15) is 0 Å². The number of aromatic nitrogens is 1. The van der Waals surface area contributed by atoms with Crippen LogP contribution in [0.4, 0.5) is 20.7 Å². The van der Waals surface area contributed by atoms with Crippen LogP contribution in [0.1, 0.15) is 25.8 Å². The first-order valence-corrected chi connectivity index (χ1v) is 11.7. The maximum Gasteiger partial charge on any atom is 0.328 e. The van der Waals surface area contributed by atoms with Crippen molar-refractivity contribution in [3.8, 4) is 0 Å². The third kappa shape index (κ3) is 3.02. The number of carbonyl (C=O) groups excluding carboxylic acids is 3. The first-order valence-electron chi connectivity index (χ1n) is 11.7. The van der Waals surface area contributed by atoms with E-state index in [-0.39, 0.29) is 36.4 Å². The number of carbonyl (C=O) groups is 3. The standard InChI is InChI=1S/C23H26FN5O6/c1-10-8-29-16-12(7-23(18(29)11(2)34-10)20(30)25-22(32)26-21(23)31)6-14-17(15(16)24)35-27-19(14)28-5-4-13(9-28)33-3/h6,10-11,13,18H,4-5,7-9H2,1-3H3,(H2,25,26,30,31,32)/t10-,11+,13+,18-/m1/s1. The summed E-state index contributed by atoms with van der Waals surface area (Å²) in [6, 6.07) is 0.0551. The van der Waals surface area contributed by atoms with Crippen LogP contribution in [0.2, 0.25) is 0 Å². The van der Waals surface area contributed by atoms with Gasteiger partial charge in [0.2, 0.25) is 17.4 Å². The zero-order chi connectivity index (χ0) is 24.6. The topological polar surface area (TPSA) is 126 Å². The van der Waals surface area contributed by atoms with E-state index in [0.29, 0.717) is 29.9 Å². The van der Waals surface area contributed by atoms with Crippen LogP contribution in [-0.2, 0) is 25.5 Å². The highest BCUT2D eigenvalue weighted by Crippen LogP contribution is 2.49. The summed E-state index contributed by atoms with van der Waals surface area (Å²) >= 11 is 0. The highest BCUT2D eigenvalue weighted by molar-refractivity contribution is 6.20. The Hall–Kier alpha value is -3.25. The maximum absolute atomic E-state index is 16.1. The number of morpholine rings is 1. The smallest absolute Gasteiger partial charge is 0.328 e. The molecule has 0 unspecified atom stereocenters. The summed E-state index contributed by atoms with van der Waals surface area (Å²) in [7, 11) is 1.65. The first-order chi connectivity index (χ1) is 16.7. The molecule has 11 nitrogen and oxygen atoms in total. The number of fused-ring (bicyclic) bond motifs is 5. The van der Waals surface area contributed by atoms with Crippen LogP contribution >= 0.6 is 0 Å². The fourth-order valence-corrected chi connectivity index (χ4v) is 6.28. The van der Waals surface area contributed by atoms with Crippen molar-refractivity contribution < 1.29 is 32.8 Å². The van der Waals surface area contributed by atoms with Crippen molar-refractivity contribution in [2.75, 3.05) is 36.5 Å². The number of ether oxygens (including phenoxy) is 2. The Labute approximate surface area is 199 Å². The zero-order valence-corrected chi connectivity index (χ0v) is 19.6. The number of anilines is 2. The van der Waals surface area contributed by atoms with E-state index >= 15 is 4.39 Å². The lowest BCUT2D eigenvalue weighted by molar-refractivity contribution is -0.153. The quantitative estimate of drug-likeness (QED) is 0.599. The molecule has 0 radical (unpaired) electrons. The number of nitrogens with zero attached hydrogens (tertiary/aromatic N) is 3. The molecule has 2 N–H and O–H groups in total. The molecule has 0 bridgehead atoms. The van der Waals surface area contributed by atoms with Gasteiger partial charge in [0.1, 0.15) is 0 Å². The van der Waals surface area contributed by atoms with Gasteiger partial charge in [0.25, 0.3) is 0 Å². The normalized spacial score (nSPS) is 29.9. The number of barbiturate groups is 1. The monoisotopic (exact) mass is 487 g/mol. The molecular formula is C23H26FN5O6. The van der Waals surface area contributed by atoms with Crippen LogP contribution in [0.25, 0.3) is 11.0 Å². The predicted octanol–water partition coefficient (Wildman–Crippen LogP) is 1.08. The number of hydrogen-bond acceptors (Lipinski definition) is 9. The van der Waals surface area contributed by atoms with Crippen LogP contribution in [0.5, 0.6) is 0 Å². The van der Waals surface area contributed by atoms with Crippen LogP contribution in [-0.4, -0.2) is 74.1 Å². The summed E-state index contributed by atoms with van der Waals surface area (Å²) in [5.41, 5.74) is -0.910. The second-order valence-corrected chi connectivity index (χ2v) is 9.81. The van der Waals surface area contributed by atoms with Crippen molar-refractivity contribution in [3.63, 3.8) is 0 Å². The zero-order valence-electron chi connectivity index (χ0n) is 19.6. The van der Waals surface area contributed by atoms with E-state index in [1.54, 1.807) is 25.0 Å². The van der Waals surface area contributed by atoms with Crippen molar-refractivity contribution in [1.82, 2.24) is 15.8 Å². The second-order valence-electron chi connectivity index (χ2n) is 9.81. The highest BCUT2D eigenvalue weighted by Gasteiger charge is 2.63.